The number of ether oxygens (including phenoxy) is 2. The summed E-state index contributed by atoms with van der Waals surface area (Å²) in [5.74, 6) is 1.77. The topological polar surface area (TPSA) is 18.5 Å². The van der Waals surface area contributed by atoms with Crippen LogP contribution in [0.5, 0.6) is 11.5 Å². The van der Waals surface area contributed by atoms with E-state index in [2.05, 4.69) is 60.7 Å². The molecule has 0 saturated heterocycles. The van der Waals surface area contributed by atoms with Crippen molar-refractivity contribution in [3.8, 4) is 22.6 Å². The fourth-order valence-electron chi connectivity index (χ4n) is 3.99. The van der Waals surface area contributed by atoms with Gasteiger partial charge in [-0.05, 0) is 51.4 Å². The number of benzene rings is 5. The van der Waals surface area contributed by atoms with Gasteiger partial charge in [-0.15, -0.1) is 0 Å². The summed E-state index contributed by atoms with van der Waals surface area (Å²) in [4.78, 5) is 0. The van der Waals surface area contributed by atoms with E-state index in [0.717, 1.165) is 28.0 Å². The van der Waals surface area contributed by atoms with Crippen molar-refractivity contribution in [2.75, 3.05) is 14.2 Å². The lowest BCUT2D eigenvalue weighted by atomic mass is 9.90. The SMILES string of the molecule is COc1ccc(-c2cc3ccc4cccc5ccc(c2OC)c3c45)cc1. The first kappa shape index (κ1) is 15.0. The molecule has 0 aromatic heterocycles. The third kappa shape index (κ3) is 2.05. The summed E-state index contributed by atoms with van der Waals surface area (Å²) >= 11 is 0. The van der Waals surface area contributed by atoms with Gasteiger partial charge in [0.05, 0.1) is 14.2 Å². The van der Waals surface area contributed by atoms with E-state index in [4.69, 9.17) is 9.47 Å². The Labute approximate surface area is 151 Å². The first-order valence-electron chi connectivity index (χ1n) is 8.69. The Morgan fingerprint density at radius 1 is 0.615 bits per heavy atom. The molecule has 0 saturated carbocycles. The average molecular weight is 338 g/mol. The molecule has 0 unspecified atom stereocenters. The van der Waals surface area contributed by atoms with Crippen molar-refractivity contribution in [2.24, 2.45) is 0 Å². The van der Waals surface area contributed by atoms with Crippen LogP contribution in [-0.2, 0) is 0 Å². The van der Waals surface area contributed by atoms with Gasteiger partial charge in [-0.25, -0.2) is 0 Å². The van der Waals surface area contributed by atoms with Crippen LogP contribution in [0.15, 0.2) is 72.8 Å². The molecule has 0 aliphatic rings. The van der Waals surface area contributed by atoms with Crippen molar-refractivity contribution < 1.29 is 9.47 Å². The van der Waals surface area contributed by atoms with Crippen LogP contribution >= 0.6 is 0 Å². The Bertz CT molecular complexity index is 1220. The van der Waals surface area contributed by atoms with Gasteiger partial charge in [0.1, 0.15) is 11.5 Å². The van der Waals surface area contributed by atoms with Crippen LogP contribution in [-0.4, -0.2) is 14.2 Å². The summed E-state index contributed by atoms with van der Waals surface area (Å²) < 4.78 is 11.2. The molecule has 0 amide bonds. The Morgan fingerprint density at radius 3 is 2.00 bits per heavy atom. The van der Waals surface area contributed by atoms with Crippen LogP contribution in [0.1, 0.15) is 0 Å². The van der Waals surface area contributed by atoms with Crippen molar-refractivity contribution in [1.82, 2.24) is 0 Å². The lowest BCUT2D eigenvalue weighted by molar-refractivity contribution is 0.414. The maximum absolute atomic E-state index is 5.88. The second-order valence-corrected chi connectivity index (χ2v) is 6.54. The Morgan fingerprint density at radius 2 is 1.31 bits per heavy atom. The highest BCUT2D eigenvalue weighted by Gasteiger charge is 2.16. The van der Waals surface area contributed by atoms with E-state index >= 15 is 0 Å². The van der Waals surface area contributed by atoms with Crippen LogP contribution in [0.4, 0.5) is 0 Å². The van der Waals surface area contributed by atoms with Crippen molar-refractivity contribution in [2.45, 2.75) is 0 Å². The van der Waals surface area contributed by atoms with E-state index in [1.807, 2.05) is 12.1 Å². The predicted molar refractivity (Wildman–Crippen MR) is 109 cm³/mol. The Kier molecular flexibility index (Phi) is 3.26. The lowest BCUT2D eigenvalue weighted by Gasteiger charge is -2.17. The summed E-state index contributed by atoms with van der Waals surface area (Å²) in [6.45, 7) is 0. The van der Waals surface area contributed by atoms with Crippen molar-refractivity contribution in [3.05, 3.63) is 72.8 Å². The zero-order chi connectivity index (χ0) is 17.7. The third-order valence-electron chi connectivity index (χ3n) is 5.20. The van der Waals surface area contributed by atoms with Crippen LogP contribution in [0.2, 0.25) is 0 Å². The highest BCUT2D eigenvalue weighted by Crippen LogP contribution is 2.44. The number of rotatable bonds is 3. The van der Waals surface area contributed by atoms with Crippen LogP contribution in [0, 0.1) is 0 Å². The second-order valence-electron chi connectivity index (χ2n) is 6.54. The van der Waals surface area contributed by atoms with E-state index in [-0.39, 0.29) is 0 Å². The minimum atomic E-state index is 0.852. The van der Waals surface area contributed by atoms with Crippen LogP contribution < -0.4 is 9.47 Å². The smallest absolute Gasteiger partial charge is 0.134 e. The van der Waals surface area contributed by atoms with E-state index < -0.39 is 0 Å². The number of methoxy groups -OCH3 is 2. The van der Waals surface area contributed by atoms with E-state index in [9.17, 15) is 0 Å². The highest BCUT2D eigenvalue weighted by atomic mass is 16.5. The summed E-state index contributed by atoms with van der Waals surface area (Å²) in [6, 6.07) is 25.6. The molecule has 0 N–H and O–H groups in total. The quantitative estimate of drug-likeness (QED) is 0.361. The molecule has 5 aromatic rings. The van der Waals surface area contributed by atoms with Gasteiger partial charge in [-0.1, -0.05) is 48.5 Å². The molecule has 0 spiro atoms. The molecule has 0 radical (unpaired) electrons. The summed E-state index contributed by atoms with van der Waals surface area (Å²) in [5.41, 5.74) is 2.22. The minimum absolute atomic E-state index is 0.852. The maximum Gasteiger partial charge on any atom is 0.134 e. The van der Waals surface area contributed by atoms with Gasteiger partial charge in [0.2, 0.25) is 0 Å². The van der Waals surface area contributed by atoms with Crippen molar-refractivity contribution in [3.63, 3.8) is 0 Å². The van der Waals surface area contributed by atoms with Crippen molar-refractivity contribution in [1.29, 1.82) is 0 Å². The molecule has 26 heavy (non-hydrogen) atoms. The largest absolute Gasteiger partial charge is 0.497 e. The molecule has 2 heteroatoms. The first-order valence-corrected chi connectivity index (χ1v) is 8.69. The van der Waals surface area contributed by atoms with Crippen LogP contribution in [0.3, 0.4) is 0 Å². The normalized spacial score (nSPS) is 11.5. The van der Waals surface area contributed by atoms with Crippen LogP contribution in [0.25, 0.3) is 43.4 Å². The monoisotopic (exact) mass is 338 g/mol. The molecule has 126 valence electrons. The van der Waals surface area contributed by atoms with Crippen molar-refractivity contribution >= 4 is 32.3 Å². The van der Waals surface area contributed by atoms with Gasteiger partial charge in [0.25, 0.3) is 0 Å². The van der Waals surface area contributed by atoms with Gasteiger partial charge < -0.3 is 9.47 Å². The molecular formula is C24H18O2. The van der Waals surface area contributed by atoms with E-state index in [1.165, 1.54) is 26.9 Å². The predicted octanol–water partition coefficient (Wildman–Crippen LogP) is 6.27. The zero-order valence-electron chi connectivity index (χ0n) is 14.7. The molecular weight excluding hydrogens is 320 g/mol. The number of hydrogen-bond acceptors (Lipinski definition) is 2. The molecule has 0 heterocycles. The third-order valence-corrected chi connectivity index (χ3v) is 5.20. The first-order chi connectivity index (χ1) is 12.8. The fourth-order valence-corrected chi connectivity index (χ4v) is 3.99. The standard InChI is InChI=1S/C24H18O2/c1-25-19-11-8-15(9-12-19)21-14-18-7-6-16-4-3-5-17-10-13-20(24(21)26-2)23(18)22(16)17/h3-14H,1-2H3. The summed E-state index contributed by atoms with van der Waals surface area (Å²) in [6.07, 6.45) is 0. The minimum Gasteiger partial charge on any atom is -0.497 e. The van der Waals surface area contributed by atoms with Gasteiger partial charge in [0.15, 0.2) is 0 Å². The zero-order valence-corrected chi connectivity index (χ0v) is 14.7. The molecule has 2 nitrogen and oxygen atoms in total. The Balaban J connectivity index is 1.89. The van der Waals surface area contributed by atoms with Gasteiger partial charge in [-0.2, -0.15) is 0 Å². The average Bonchev–Trinajstić information content (AvgIpc) is 2.71. The second kappa shape index (κ2) is 5.63. The molecule has 0 aliphatic heterocycles. The van der Waals surface area contributed by atoms with E-state index in [1.54, 1.807) is 14.2 Å². The lowest BCUT2D eigenvalue weighted by Crippen LogP contribution is -1.93. The molecule has 0 atom stereocenters. The molecule has 5 rings (SSSR count). The van der Waals surface area contributed by atoms with Gasteiger partial charge in [-0.3, -0.25) is 0 Å². The molecule has 0 fully saturated rings. The molecule has 0 aliphatic carbocycles. The molecule has 0 bridgehead atoms. The summed E-state index contributed by atoms with van der Waals surface area (Å²) in [7, 11) is 3.43. The number of hydrogen-bond donors (Lipinski definition) is 0. The van der Waals surface area contributed by atoms with Gasteiger partial charge >= 0.3 is 0 Å². The molecule has 5 aromatic carbocycles. The summed E-state index contributed by atoms with van der Waals surface area (Å²) in [5, 5.41) is 7.49. The Hall–Kier alpha value is -3.26. The maximum atomic E-state index is 5.88. The van der Waals surface area contributed by atoms with Gasteiger partial charge in [0, 0.05) is 16.3 Å². The highest BCUT2D eigenvalue weighted by molar-refractivity contribution is 6.25. The van der Waals surface area contributed by atoms with E-state index in [0.29, 0.717) is 0 Å². The fraction of sp³-hybridized carbons (Fsp3) is 0.0833.